The van der Waals surface area contributed by atoms with Gasteiger partial charge in [-0.3, -0.25) is 4.99 Å². The van der Waals surface area contributed by atoms with Gasteiger partial charge in [-0.05, 0) is 27.1 Å². The Morgan fingerprint density at radius 2 is 2.42 bits per heavy atom. The van der Waals surface area contributed by atoms with Crippen molar-refractivity contribution < 1.29 is 0 Å². The maximum atomic E-state index is 4.12. The molecule has 0 fully saturated rings. The SMILES string of the molecule is CN(C)CCCC1=NC=NCN1. The lowest BCUT2D eigenvalue weighted by Crippen LogP contribution is -2.27. The molecule has 68 valence electrons. The maximum Gasteiger partial charge on any atom is 0.114 e. The number of rotatable bonds is 4. The topological polar surface area (TPSA) is 40.0 Å². The Bertz CT molecular complexity index is 183. The zero-order valence-electron chi connectivity index (χ0n) is 7.75. The largest absolute Gasteiger partial charge is 0.354 e. The van der Waals surface area contributed by atoms with Crippen molar-refractivity contribution in [1.82, 2.24) is 10.2 Å². The average molecular weight is 168 g/mol. The van der Waals surface area contributed by atoms with Gasteiger partial charge in [-0.1, -0.05) is 0 Å². The molecule has 1 rings (SSSR count). The molecule has 0 saturated heterocycles. The Balaban J connectivity index is 2.14. The van der Waals surface area contributed by atoms with Crippen molar-refractivity contribution in [3.63, 3.8) is 0 Å². The highest BCUT2D eigenvalue weighted by Crippen LogP contribution is 1.94. The third kappa shape index (κ3) is 3.48. The summed E-state index contributed by atoms with van der Waals surface area (Å²) in [7, 11) is 4.16. The van der Waals surface area contributed by atoms with E-state index in [4.69, 9.17) is 0 Å². The molecule has 1 heterocycles. The molecule has 0 aromatic carbocycles. The van der Waals surface area contributed by atoms with E-state index >= 15 is 0 Å². The number of hydrogen-bond acceptors (Lipinski definition) is 4. The van der Waals surface area contributed by atoms with E-state index in [-0.39, 0.29) is 0 Å². The van der Waals surface area contributed by atoms with Crippen LogP contribution in [0, 0.1) is 0 Å². The Hall–Kier alpha value is -0.900. The molecule has 0 aliphatic carbocycles. The zero-order valence-corrected chi connectivity index (χ0v) is 7.75. The van der Waals surface area contributed by atoms with Crippen LogP contribution in [0.5, 0.6) is 0 Å². The van der Waals surface area contributed by atoms with Gasteiger partial charge in [0.1, 0.15) is 18.8 Å². The van der Waals surface area contributed by atoms with E-state index in [1.54, 1.807) is 6.34 Å². The van der Waals surface area contributed by atoms with Crippen LogP contribution in [0.2, 0.25) is 0 Å². The second-order valence-electron chi connectivity index (χ2n) is 3.12. The van der Waals surface area contributed by atoms with Crippen LogP contribution >= 0.6 is 0 Å². The number of hydrogen-bond donors (Lipinski definition) is 1. The van der Waals surface area contributed by atoms with Crippen molar-refractivity contribution in [2.24, 2.45) is 9.98 Å². The van der Waals surface area contributed by atoms with Gasteiger partial charge in [-0.2, -0.15) is 0 Å². The molecule has 0 amide bonds. The predicted molar refractivity (Wildman–Crippen MR) is 51.7 cm³/mol. The summed E-state index contributed by atoms with van der Waals surface area (Å²) in [5, 5.41) is 3.13. The summed E-state index contributed by atoms with van der Waals surface area (Å²) in [6, 6.07) is 0. The van der Waals surface area contributed by atoms with E-state index in [0.29, 0.717) is 6.67 Å². The van der Waals surface area contributed by atoms with Crippen molar-refractivity contribution in [2.45, 2.75) is 12.8 Å². The highest BCUT2D eigenvalue weighted by Gasteiger charge is 2.00. The first kappa shape index (κ1) is 9.19. The summed E-state index contributed by atoms with van der Waals surface area (Å²) in [4.78, 5) is 10.2. The monoisotopic (exact) mass is 168 g/mol. The van der Waals surface area contributed by atoms with Crippen molar-refractivity contribution in [2.75, 3.05) is 27.3 Å². The molecule has 0 spiro atoms. The first-order valence-corrected chi connectivity index (χ1v) is 4.22. The number of nitrogens with zero attached hydrogens (tertiary/aromatic N) is 3. The Morgan fingerprint density at radius 3 is 3.00 bits per heavy atom. The molecule has 0 bridgehead atoms. The highest BCUT2D eigenvalue weighted by molar-refractivity contribution is 5.89. The third-order valence-corrected chi connectivity index (χ3v) is 1.69. The minimum absolute atomic E-state index is 0.681. The fourth-order valence-corrected chi connectivity index (χ4v) is 1.05. The molecule has 12 heavy (non-hydrogen) atoms. The summed E-state index contributed by atoms with van der Waals surface area (Å²) < 4.78 is 0. The van der Waals surface area contributed by atoms with Crippen LogP contribution in [-0.2, 0) is 0 Å². The molecular weight excluding hydrogens is 152 g/mol. The van der Waals surface area contributed by atoms with Crippen LogP contribution in [0.1, 0.15) is 12.8 Å². The molecule has 1 aliphatic heterocycles. The lowest BCUT2D eigenvalue weighted by molar-refractivity contribution is 0.403. The molecule has 1 N–H and O–H groups in total. The first-order chi connectivity index (χ1) is 5.79. The minimum atomic E-state index is 0.681. The molecule has 4 nitrogen and oxygen atoms in total. The Labute approximate surface area is 73.4 Å². The van der Waals surface area contributed by atoms with Crippen LogP contribution in [0.4, 0.5) is 0 Å². The summed E-state index contributed by atoms with van der Waals surface area (Å²) in [5.74, 6) is 1.06. The third-order valence-electron chi connectivity index (χ3n) is 1.69. The van der Waals surface area contributed by atoms with Gasteiger partial charge in [0, 0.05) is 6.42 Å². The fourth-order valence-electron chi connectivity index (χ4n) is 1.05. The molecular formula is C8H16N4. The van der Waals surface area contributed by atoms with Gasteiger partial charge in [0.2, 0.25) is 0 Å². The van der Waals surface area contributed by atoms with Gasteiger partial charge in [-0.25, -0.2) is 4.99 Å². The smallest absolute Gasteiger partial charge is 0.114 e. The summed E-state index contributed by atoms with van der Waals surface area (Å²) >= 11 is 0. The quantitative estimate of drug-likeness (QED) is 0.656. The van der Waals surface area contributed by atoms with Gasteiger partial charge in [0.05, 0.1) is 0 Å². The van der Waals surface area contributed by atoms with E-state index in [9.17, 15) is 0 Å². The second-order valence-corrected chi connectivity index (χ2v) is 3.12. The van der Waals surface area contributed by atoms with Crippen LogP contribution in [0.3, 0.4) is 0 Å². The fraction of sp³-hybridized carbons (Fsp3) is 0.750. The lowest BCUT2D eigenvalue weighted by Gasteiger charge is -2.12. The van der Waals surface area contributed by atoms with E-state index in [1.807, 2.05) is 0 Å². The van der Waals surface area contributed by atoms with Crippen LogP contribution < -0.4 is 5.32 Å². The lowest BCUT2D eigenvalue weighted by atomic mass is 10.3. The predicted octanol–water partition coefficient (Wildman–Crippen LogP) is 0.316. The van der Waals surface area contributed by atoms with Crippen LogP contribution in [-0.4, -0.2) is 44.4 Å². The number of aliphatic imine (C=N–C) groups is 2. The second kappa shape index (κ2) is 4.87. The number of nitrogens with one attached hydrogen (secondary N) is 1. The Morgan fingerprint density at radius 1 is 1.58 bits per heavy atom. The minimum Gasteiger partial charge on any atom is -0.354 e. The van der Waals surface area contributed by atoms with E-state index < -0.39 is 0 Å². The molecule has 0 radical (unpaired) electrons. The summed E-state index contributed by atoms with van der Waals surface area (Å²) in [6.45, 7) is 1.79. The molecule has 1 aliphatic rings. The molecule has 0 aromatic rings. The van der Waals surface area contributed by atoms with Gasteiger partial charge in [0.25, 0.3) is 0 Å². The van der Waals surface area contributed by atoms with Crippen LogP contribution in [0.25, 0.3) is 0 Å². The Kier molecular flexibility index (Phi) is 3.73. The highest BCUT2D eigenvalue weighted by atomic mass is 15.1. The summed E-state index contributed by atoms with van der Waals surface area (Å²) in [5.41, 5.74) is 0. The van der Waals surface area contributed by atoms with Gasteiger partial charge >= 0.3 is 0 Å². The van der Waals surface area contributed by atoms with Gasteiger partial charge in [0.15, 0.2) is 0 Å². The summed E-state index contributed by atoms with van der Waals surface area (Å²) in [6.07, 6.45) is 3.79. The van der Waals surface area contributed by atoms with Gasteiger partial charge in [-0.15, -0.1) is 0 Å². The average Bonchev–Trinajstić information content (AvgIpc) is 2.05. The maximum absolute atomic E-state index is 4.12. The van der Waals surface area contributed by atoms with Crippen molar-refractivity contribution in [3.8, 4) is 0 Å². The number of amidine groups is 1. The van der Waals surface area contributed by atoms with Gasteiger partial charge < -0.3 is 10.2 Å². The van der Waals surface area contributed by atoms with E-state index in [1.165, 1.54) is 0 Å². The van der Waals surface area contributed by atoms with Crippen molar-refractivity contribution in [1.29, 1.82) is 0 Å². The zero-order chi connectivity index (χ0) is 8.81. The molecule has 4 heteroatoms. The van der Waals surface area contributed by atoms with E-state index in [0.717, 1.165) is 25.2 Å². The van der Waals surface area contributed by atoms with Crippen molar-refractivity contribution >= 4 is 12.2 Å². The van der Waals surface area contributed by atoms with Crippen molar-refractivity contribution in [3.05, 3.63) is 0 Å². The van der Waals surface area contributed by atoms with E-state index in [2.05, 4.69) is 34.3 Å². The molecule has 0 saturated carbocycles. The molecule has 0 unspecified atom stereocenters. The molecule has 0 aromatic heterocycles. The standard InChI is InChI=1S/C8H16N4/c1-12(2)5-3-4-8-10-6-9-7-11-8/h6H,3-5,7H2,1-2H3,(H,9,10,11). The first-order valence-electron chi connectivity index (χ1n) is 4.22. The normalized spacial score (nSPS) is 16.1. The molecule has 0 atom stereocenters. The van der Waals surface area contributed by atoms with Crippen LogP contribution in [0.15, 0.2) is 9.98 Å².